The first-order chi connectivity index (χ1) is 7.06. The number of fused-ring (bicyclic) bond motifs is 1. The molecule has 6 nitrogen and oxygen atoms in total. The number of carbonyl (C=O) groups is 2. The van der Waals surface area contributed by atoms with E-state index in [1.165, 1.54) is 7.11 Å². The van der Waals surface area contributed by atoms with Crippen LogP contribution in [-0.2, 0) is 4.84 Å². The number of carbonyl (C=O) groups excluding carboxylic acids is 2. The fourth-order valence-corrected chi connectivity index (χ4v) is 1.41. The molecule has 0 saturated heterocycles. The van der Waals surface area contributed by atoms with Crippen molar-refractivity contribution >= 4 is 11.8 Å². The number of rotatable bonds is 1. The predicted octanol–water partition coefficient (Wildman–Crippen LogP) is 0.255. The van der Waals surface area contributed by atoms with E-state index in [4.69, 9.17) is 0 Å². The van der Waals surface area contributed by atoms with E-state index < -0.39 is 23.3 Å². The zero-order valence-electron chi connectivity index (χ0n) is 7.72. The Bertz CT molecular complexity index is 427. The molecule has 0 saturated carbocycles. The van der Waals surface area contributed by atoms with Crippen LogP contribution in [0, 0.1) is 0 Å². The summed E-state index contributed by atoms with van der Waals surface area (Å²) in [5.74, 6) is -2.22. The molecule has 0 aromatic heterocycles. The fourth-order valence-electron chi connectivity index (χ4n) is 1.41. The minimum absolute atomic E-state index is 0.0113. The van der Waals surface area contributed by atoms with Gasteiger partial charge in [0.1, 0.15) is 0 Å². The van der Waals surface area contributed by atoms with Crippen LogP contribution in [0.3, 0.4) is 0 Å². The van der Waals surface area contributed by atoms with Gasteiger partial charge in [0, 0.05) is 0 Å². The van der Waals surface area contributed by atoms with Crippen molar-refractivity contribution in [2.45, 2.75) is 0 Å². The van der Waals surface area contributed by atoms with Crippen LogP contribution in [0.1, 0.15) is 20.7 Å². The van der Waals surface area contributed by atoms with Gasteiger partial charge in [0.25, 0.3) is 11.8 Å². The van der Waals surface area contributed by atoms with Gasteiger partial charge in [0.05, 0.1) is 18.2 Å². The highest BCUT2D eigenvalue weighted by Gasteiger charge is 2.37. The summed E-state index contributed by atoms with van der Waals surface area (Å²) in [6.07, 6.45) is 0. The second kappa shape index (κ2) is 2.96. The molecule has 2 rings (SSSR count). The van der Waals surface area contributed by atoms with E-state index in [1.54, 1.807) is 0 Å². The standard InChI is InChI=1S/C9H7NO5/c1-15-10-8(13)4-2-6(11)7(12)3-5(4)9(10)14/h2-3,11-12H,1H3. The molecule has 1 aromatic carbocycles. The van der Waals surface area contributed by atoms with Gasteiger partial charge in [0.2, 0.25) is 0 Å². The van der Waals surface area contributed by atoms with Crippen molar-refractivity contribution in [2.24, 2.45) is 0 Å². The van der Waals surface area contributed by atoms with Crippen molar-refractivity contribution in [3.8, 4) is 11.5 Å². The third kappa shape index (κ3) is 1.15. The van der Waals surface area contributed by atoms with Crippen LogP contribution >= 0.6 is 0 Å². The quantitative estimate of drug-likeness (QED) is 0.511. The van der Waals surface area contributed by atoms with Gasteiger partial charge in [-0.05, 0) is 12.1 Å². The van der Waals surface area contributed by atoms with E-state index in [0.29, 0.717) is 5.06 Å². The van der Waals surface area contributed by atoms with Gasteiger partial charge in [-0.2, -0.15) is 0 Å². The summed E-state index contributed by atoms with van der Waals surface area (Å²) >= 11 is 0. The first-order valence-corrected chi connectivity index (χ1v) is 4.05. The minimum atomic E-state index is -0.659. The summed E-state index contributed by atoms with van der Waals surface area (Å²) in [4.78, 5) is 27.5. The largest absolute Gasteiger partial charge is 0.504 e. The van der Waals surface area contributed by atoms with Crippen LogP contribution < -0.4 is 0 Å². The molecule has 1 aromatic rings. The summed E-state index contributed by atoms with van der Waals surface area (Å²) in [6.45, 7) is 0. The van der Waals surface area contributed by atoms with E-state index in [2.05, 4.69) is 4.84 Å². The molecule has 78 valence electrons. The summed E-state index contributed by atoms with van der Waals surface area (Å²) in [5.41, 5.74) is 0.0225. The van der Waals surface area contributed by atoms with Crippen molar-refractivity contribution in [3.05, 3.63) is 23.3 Å². The number of hydrogen-bond donors (Lipinski definition) is 2. The van der Waals surface area contributed by atoms with Crippen molar-refractivity contribution < 1.29 is 24.6 Å². The number of phenolic OH excluding ortho intramolecular Hbond substituents is 2. The molecule has 1 aliphatic rings. The van der Waals surface area contributed by atoms with E-state index in [1.807, 2.05) is 0 Å². The highest BCUT2D eigenvalue weighted by atomic mass is 16.7. The molecule has 1 heterocycles. The Morgan fingerprint density at radius 3 is 1.80 bits per heavy atom. The van der Waals surface area contributed by atoms with Crippen molar-refractivity contribution in [3.63, 3.8) is 0 Å². The molecule has 1 aliphatic heterocycles. The average Bonchev–Trinajstić information content (AvgIpc) is 2.42. The lowest BCUT2D eigenvalue weighted by atomic mass is 10.1. The SMILES string of the molecule is CON1C(=O)c2cc(O)c(O)cc2C1=O. The molecule has 0 radical (unpaired) electrons. The lowest BCUT2D eigenvalue weighted by molar-refractivity contribution is -0.0645. The average molecular weight is 209 g/mol. The molecule has 0 unspecified atom stereocenters. The molecular formula is C9H7NO5. The topological polar surface area (TPSA) is 87.1 Å². The molecule has 0 fully saturated rings. The van der Waals surface area contributed by atoms with Crippen LogP contribution in [0.5, 0.6) is 11.5 Å². The van der Waals surface area contributed by atoms with Crippen LogP contribution in [0.25, 0.3) is 0 Å². The Kier molecular flexibility index (Phi) is 1.87. The van der Waals surface area contributed by atoms with Gasteiger partial charge in [-0.15, -0.1) is 5.06 Å². The number of hydroxylamine groups is 2. The van der Waals surface area contributed by atoms with Crippen LogP contribution in [-0.4, -0.2) is 34.2 Å². The number of phenols is 2. The monoisotopic (exact) mass is 209 g/mol. The van der Waals surface area contributed by atoms with Gasteiger partial charge in [-0.3, -0.25) is 14.4 Å². The second-order valence-corrected chi connectivity index (χ2v) is 2.97. The minimum Gasteiger partial charge on any atom is -0.504 e. The zero-order chi connectivity index (χ0) is 11.2. The molecule has 0 spiro atoms. The van der Waals surface area contributed by atoms with Gasteiger partial charge < -0.3 is 10.2 Å². The maximum Gasteiger partial charge on any atom is 0.286 e. The number of amides is 2. The van der Waals surface area contributed by atoms with Gasteiger partial charge in [0.15, 0.2) is 11.5 Å². The van der Waals surface area contributed by atoms with Crippen molar-refractivity contribution in [1.82, 2.24) is 5.06 Å². The molecule has 2 amide bonds. The van der Waals surface area contributed by atoms with E-state index >= 15 is 0 Å². The lowest BCUT2D eigenvalue weighted by Crippen LogP contribution is -2.28. The summed E-state index contributed by atoms with van der Waals surface area (Å²) in [6, 6.07) is 2.06. The maximum absolute atomic E-state index is 11.5. The molecule has 0 aliphatic carbocycles. The maximum atomic E-state index is 11.5. The number of aromatic hydroxyl groups is 2. The van der Waals surface area contributed by atoms with Crippen LogP contribution in [0.15, 0.2) is 12.1 Å². The van der Waals surface area contributed by atoms with Crippen LogP contribution in [0.2, 0.25) is 0 Å². The molecule has 0 atom stereocenters. The highest BCUT2D eigenvalue weighted by molar-refractivity contribution is 6.20. The fraction of sp³-hybridized carbons (Fsp3) is 0.111. The summed E-state index contributed by atoms with van der Waals surface area (Å²) in [7, 11) is 1.18. The highest BCUT2D eigenvalue weighted by Crippen LogP contribution is 2.33. The number of hydrogen-bond acceptors (Lipinski definition) is 5. The lowest BCUT2D eigenvalue weighted by Gasteiger charge is -2.07. The Morgan fingerprint density at radius 2 is 1.47 bits per heavy atom. The molecule has 15 heavy (non-hydrogen) atoms. The smallest absolute Gasteiger partial charge is 0.286 e. The Labute approximate surface area is 84.3 Å². The summed E-state index contributed by atoms with van der Waals surface area (Å²) in [5, 5.41) is 18.9. The molecule has 6 heteroatoms. The Morgan fingerprint density at radius 1 is 1.07 bits per heavy atom. The van der Waals surface area contributed by atoms with E-state index in [0.717, 1.165) is 12.1 Å². The Balaban J connectivity index is 2.63. The van der Waals surface area contributed by atoms with Crippen molar-refractivity contribution in [2.75, 3.05) is 7.11 Å². The first-order valence-electron chi connectivity index (χ1n) is 4.05. The number of benzene rings is 1. The first kappa shape index (κ1) is 9.47. The van der Waals surface area contributed by atoms with Crippen LogP contribution in [0.4, 0.5) is 0 Å². The third-order valence-electron chi connectivity index (χ3n) is 2.13. The third-order valence-corrected chi connectivity index (χ3v) is 2.13. The number of imide groups is 1. The Hall–Kier alpha value is -2.08. The molecular weight excluding hydrogens is 202 g/mol. The molecule has 2 N–H and O–H groups in total. The number of nitrogens with zero attached hydrogens (tertiary/aromatic N) is 1. The second-order valence-electron chi connectivity index (χ2n) is 2.97. The summed E-state index contributed by atoms with van der Waals surface area (Å²) < 4.78 is 0. The van der Waals surface area contributed by atoms with Gasteiger partial charge in [-0.1, -0.05) is 0 Å². The predicted molar refractivity (Wildman–Crippen MR) is 47.3 cm³/mol. The van der Waals surface area contributed by atoms with Crippen molar-refractivity contribution in [1.29, 1.82) is 0 Å². The van der Waals surface area contributed by atoms with Gasteiger partial charge >= 0.3 is 0 Å². The van der Waals surface area contributed by atoms with E-state index in [9.17, 15) is 19.8 Å². The molecule has 0 bridgehead atoms. The van der Waals surface area contributed by atoms with E-state index in [-0.39, 0.29) is 11.1 Å². The zero-order valence-corrected chi connectivity index (χ0v) is 7.72. The van der Waals surface area contributed by atoms with Gasteiger partial charge in [-0.25, -0.2) is 0 Å². The normalized spacial score (nSPS) is 14.6.